The van der Waals surface area contributed by atoms with E-state index in [1.807, 2.05) is 0 Å². The van der Waals surface area contributed by atoms with Crippen molar-refractivity contribution in [3.63, 3.8) is 0 Å². The van der Waals surface area contributed by atoms with Gasteiger partial charge in [-0.05, 0) is 70.0 Å². The third-order valence-corrected chi connectivity index (χ3v) is 5.51. The first-order valence-electron chi connectivity index (χ1n) is 10.2. The zero-order chi connectivity index (χ0) is 19.9. The van der Waals surface area contributed by atoms with Crippen LogP contribution in [-0.4, -0.2) is 55.5 Å². The summed E-state index contributed by atoms with van der Waals surface area (Å²) in [6, 6.07) is 7.05. The summed E-state index contributed by atoms with van der Waals surface area (Å²) in [6.07, 6.45) is 2.97. The predicted molar refractivity (Wildman–Crippen MR) is 113 cm³/mol. The number of carbonyl (C=O) groups is 3. The number of rotatable bonds is 5. The molecule has 0 radical (unpaired) electrons. The number of anilines is 1. The lowest BCUT2D eigenvalue weighted by Gasteiger charge is -2.31. The largest absolute Gasteiger partial charge is 0.466 e. The summed E-state index contributed by atoms with van der Waals surface area (Å²) in [6.45, 7) is 5.04. The topological polar surface area (TPSA) is 87.7 Å². The van der Waals surface area contributed by atoms with Crippen molar-refractivity contribution in [1.82, 2.24) is 10.2 Å². The van der Waals surface area contributed by atoms with Crippen LogP contribution in [0.1, 0.15) is 43.0 Å². The van der Waals surface area contributed by atoms with Gasteiger partial charge in [-0.1, -0.05) is 0 Å². The highest BCUT2D eigenvalue weighted by Gasteiger charge is 2.28. The minimum absolute atomic E-state index is 0. The minimum Gasteiger partial charge on any atom is -0.466 e. The van der Waals surface area contributed by atoms with Crippen LogP contribution in [0.4, 0.5) is 5.69 Å². The van der Waals surface area contributed by atoms with Gasteiger partial charge in [0.2, 0.25) is 5.91 Å². The van der Waals surface area contributed by atoms with Gasteiger partial charge >= 0.3 is 5.97 Å². The lowest BCUT2D eigenvalue weighted by atomic mass is 9.96. The van der Waals surface area contributed by atoms with E-state index >= 15 is 0 Å². The summed E-state index contributed by atoms with van der Waals surface area (Å²) < 4.78 is 5.07. The van der Waals surface area contributed by atoms with Gasteiger partial charge in [-0.3, -0.25) is 14.4 Å². The number of piperidine rings is 2. The molecule has 2 saturated heterocycles. The number of hydrogen-bond acceptors (Lipinski definition) is 5. The second kappa shape index (κ2) is 11.2. The van der Waals surface area contributed by atoms with Crippen LogP contribution < -0.4 is 10.6 Å². The Bertz CT molecular complexity index is 696. The van der Waals surface area contributed by atoms with E-state index in [4.69, 9.17) is 4.74 Å². The van der Waals surface area contributed by atoms with Crippen LogP contribution in [0.25, 0.3) is 0 Å². The number of halogens is 1. The second-order valence-electron chi connectivity index (χ2n) is 7.41. The molecule has 2 fully saturated rings. The van der Waals surface area contributed by atoms with E-state index in [0.29, 0.717) is 43.8 Å². The van der Waals surface area contributed by atoms with Gasteiger partial charge in [0.1, 0.15) is 0 Å². The maximum absolute atomic E-state index is 12.7. The van der Waals surface area contributed by atoms with Crippen molar-refractivity contribution in [2.45, 2.75) is 32.6 Å². The first kappa shape index (κ1) is 23.2. The van der Waals surface area contributed by atoms with Crippen molar-refractivity contribution in [1.29, 1.82) is 0 Å². The van der Waals surface area contributed by atoms with Crippen LogP contribution in [0.2, 0.25) is 0 Å². The molecule has 8 heteroatoms. The fraction of sp³-hybridized carbons (Fsp3) is 0.571. The molecule has 0 saturated carbocycles. The predicted octanol–water partition coefficient (Wildman–Crippen LogP) is 2.46. The van der Waals surface area contributed by atoms with Crippen LogP contribution in [0, 0.1) is 11.8 Å². The highest BCUT2D eigenvalue weighted by molar-refractivity contribution is 5.96. The molecule has 1 aromatic rings. The van der Waals surface area contributed by atoms with E-state index in [9.17, 15) is 14.4 Å². The van der Waals surface area contributed by atoms with Crippen molar-refractivity contribution in [2.24, 2.45) is 11.8 Å². The highest BCUT2D eigenvalue weighted by atomic mass is 35.5. The van der Waals surface area contributed by atoms with Crippen molar-refractivity contribution < 1.29 is 19.1 Å². The SMILES string of the molecule is CCOC(=O)C1CCN(C(=O)c2ccc(NC(=O)C3CCNCC3)cc2)CC1.Cl. The number of carbonyl (C=O) groups excluding carboxylic acids is 3. The average molecular weight is 424 g/mol. The van der Waals surface area contributed by atoms with Crippen LogP contribution in [0.3, 0.4) is 0 Å². The van der Waals surface area contributed by atoms with E-state index in [-0.39, 0.29) is 42.0 Å². The molecule has 29 heavy (non-hydrogen) atoms. The monoisotopic (exact) mass is 423 g/mol. The van der Waals surface area contributed by atoms with Gasteiger partial charge in [-0.25, -0.2) is 0 Å². The number of benzene rings is 1. The first-order chi connectivity index (χ1) is 13.6. The fourth-order valence-electron chi connectivity index (χ4n) is 3.79. The molecule has 0 aromatic heterocycles. The molecule has 2 N–H and O–H groups in total. The normalized spacial score (nSPS) is 17.9. The number of ether oxygens (including phenoxy) is 1. The smallest absolute Gasteiger partial charge is 0.309 e. The number of nitrogens with one attached hydrogen (secondary N) is 2. The maximum atomic E-state index is 12.7. The van der Waals surface area contributed by atoms with Gasteiger partial charge in [0.25, 0.3) is 5.91 Å². The Morgan fingerprint density at radius 1 is 1.03 bits per heavy atom. The standard InChI is InChI=1S/C21H29N3O4.ClH/c1-2-28-21(27)17-9-13-24(14-10-17)20(26)16-3-5-18(6-4-16)23-19(25)15-7-11-22-12-8-15;/h3-6,15,17,22H,2,7-14H2,1H3,(H,23,25);1H. The zero-order valence-electron chi connectivity index (χ0n) is 16.8. The summed E-state index contributed by atoms with van der Waals surface area (Å²) >= 11 is 0. The Morgan fingerprint density at radius 2 is 1.66 bits per heavy atom. The third-order valence-electron chi connectivity index (χ3n) is 5.51. The van der Waals surface area contributed by atoms with Crippen LogP contribution >= 0.6 is 12.4 Å². The van der Waals surface area contributed by atoms with Gasteiger partial charge in [-0.2, -0.15) is 0 Å². The number of amides is 2. The molecular formula is C21H30ClN3O4. The molecule has 160 valence electrons. The molecule has 0 unspecified atom stereocenters. The molecule has 2 amide bonds. The fourth-order valence-corrected chi connectivity index (χ4v) is 3.79. The number of esters is 1. The van der Waals surface area contributed by atoms with Crippen molar-refractivity contribution in [2.75, 3.05) is 38.1 Å². The molecule has 2 heterocycles. The van der Waals surface area contributed by atoms with Crippen molar-refractivity contribution in [3.05, 3.63) is 29.8 Å². The maximum Gasteiger partial charge on any atom is 0.309 e. The molecule has 1 aromatic carbocycles. The van der Waals surface area contributed by atoms with Crippen molar-refractivity contribution >= 4 is 35.9 Å². The Kier molecular flexibility index (Phi) is 8.92. The first-order valence-corrected chi connectivity index (χ1v) is 10.2. The lowest BCUT2D eigenvalue weighted by molar-refractivity contribution is -0.149. The van der Waals surface area contributed by atoms with Crippen molar-refractivity contribution in [3.8, 4) is 0 Å². The summed E-state index contributed by atoms with van der Waals surface area (Å²) in [5.41, 5.74) is 1.30. The van der Waals surface area contributed by atoms with Crippen LogP contribution in [0.5, 0.6) is 0 Å². The van der Waals surface area contributed by atoms with E-state index < -0.39 is 0 Å². The van der Waals surface area contributed by atoms with E-state index in [1.54, 1.807) is 36.1 Å². The van der Waals surface area contributed by atoms with Gasteiger partial charge in [0.15, 0.2) is 0 Å². The van der Waals surface area contributed by atoms with Gasteiger partial charge in [0.05, 0.1) is 12.5 Å². The summed E-state index contributed by atoms with van der Waals surface area (Å²) in [5.74, 6) is -0.233. The van der Waals surface area contributed by atoms with Gasteiger partial charge in [0, 0.05) is 30.3 Å². The van der Waals surface area contributed by atoms with E-state index in [2.05, 4.69) is 10.6 Å². The number of nitrogens with zero attached hydrogens (tertiary/aromatic N) is 1. The van der Waals surface area contributed by atoms with E-state index in [0.717, 1.165) is 25.9 Å². The van der Waals surface area contributed by atoms with Gasteiger partial charge < -0.3 is 20.3 Å². The molecule has 2 aliphatic heterocycles. The molecule has 0 atom stereocenters. The molecule has 2 aliphatic rings. The molecule has 0 spiro atoms. The third kappa shape index (κ3) is 6.18. The Morgan fingerprint density at radius 3 is 2.24 bits per heavy atom. The number of likely N-dealkylation sites (tertiary alicyclic amines) is 1. The van der Waals surface area contributed by atoms with Gasteiger partial charge in [-0.15, -0.1) is 12.4 Å². The van der Waals surface area contributed by atoms with Crippen LogP contribution in [-0.2, 0) is 14.3 Å². The zero-order valence-corrected chi connectivity index (χ0v) is 17.6. The minimum atomic E-state index is -0.163. The van der Waals surface area contributed by atoms with E-state index in [1.165, 1.54) is 0 Å². The quantitative estimate of drug-likeness (QED) is 0.710. The Labute approximate surface area is 178 Å². The second-order valence-corrected chi connectivity index (χ2v) is 7.41. The van der Waals surface area contributed by atoms with Crippen LogP contribution in [0.15, 0.2) is 24.3 Å². The Hall–Kier alpha value is -2.12. The molecule has 7 nitrogen and oxygen atoms in total. The Balaban J connectivity index is 0.00000300. The molecular weight excluding hydrogens is 394 g/mol. The summed E-state index contributed by atoms with van der Waals surface area (Å²) in [4.78, 5) is 38.6. The summed E-state index contributed by atoms with van der Waals surface area (Å²) in [5, 5.41) is 6.20. The average Bonchev–Trinajstić information content (AvgIpc) is 2.74. The highest BCUT2D eigenvalue weighted by Crippen LogP contribution is 2.21. The lowest BCUT2D eigenvalue weighted by Crippen LogP contribution is -2.40. The summed E-state index contributed by atoms with van der Waals surface area (Å²) in [7, 11) is 0. The number of hydrogen-bond donors (Lipinski definition) is 2. The molecule has 0 bridgehead atoms. The molecule has 3 rings (SSSR count). The molecule has 0 aliphatic carbocycles.